The molecule has 141 valence electrons. The monoisotopic (exact) mass is 444 g/mol. The summed E-state index contributed by atoms with van der Waals surface area (Å²) in [6.07, 6.45) is 9.73. The molecule has 1 aromatic heterocycles. The molecular weight excluding hydrogens is 425 g/mol. The number of nitrogens with zero attached hydrogens (tertiary/aromatic N) is 1. The zero-order chi connectivity index (χ0) is 17.8. The van der Waals surface area contributed by atoms with Gasteiger partial charge in [0.2, 0.25) is 0 Å². The Morgan fingerprint density at radius 1 is 0.821 bits per heavy atom. The third kappa shape index (κ3) is 4.96. The standard InChI is InChI=1S/C24H20N.2ClH.Cr/c1-3-9-19(10-4-1)17-20-14-15-22(18-20)24(21-11-5-2-6-12-21)23-13-7-8-16-25-23;;;/h1-16,18,24H,17H2;2*1H;/q;;;+2/p-2. The first-order valence-corrected chi connectivity index (χ1v) is 9.49. The van der Waals surface area contributed by atoms with Gasteiger partial charge in [-0.15, -0.1) is 0 Å². The molecule has 2 unspecified atom stereocenters. The van der Waals surface area contributed by atoms with E-state index < -0.39 is 0 Å². The molecule has 4 rings (SSSR count). The van der Waals surface area contributed by atoms with Crippen molar-refractivity contribution in [2.24, 2.45) is 0 Å². The fraction of sp³-hybridized carbons (Fsp3) is 0.125. The topological polar surface area (TPSA) is 12.9 Å². The summed E-state index contributed by atoms with van der Waals surface area (Å²) in [7, 11) is 0. The number of halogens is 2. The fourth-order valence-corrected chi connectivity index (χ4v) is 4.34. The van der Waals surface area contributed by atoms with Crippen LogP contribution in [-0.4, -0.2) is 4.98 Å². The molecule has 2 atom stereocenters. The number of hydrogen-bond donors (Lipinski definition) is 0. The molecule has 0 amide bonds. The average Bonchev–Trinajstić information content (AvgIpc) is 3.05. The van der Waals surface area contributed by atoms with Crippen molar-refractivity contribution in [3.63, 3.8) is 0 Å². The molecule has 0 fully saturated rings. The van der Waals surface area contributed by atoms with Gasteiger partial charge in [0.25, 0.3) is 0 Å². The molecule has 0 spiro atoms. The van der Waals surface area contributed by atoms with E-state index in [1.165, 1.54) is 16.7 Å². The molecule has 0 radical (unpaired) electrons. The summed E-state index contributed by atoms with van der Waals surface area (Å²) in [5.74, 6) is 0.148. The van der Waals surface area contributed by atoms with Crippen molar-refractivity contribution in [2.45, 2.75) is 16.6 Å². The Kier molecular flexibility index (Phi) is 8.11. The molecule has 1 aliphatic rings. The van der Waals surface area contributed by atoms with Crippen molar-refractivity contribution >= 4 is 0 Å². The van der Waals surface area contributed by atoms with Crippen LogP contribution in [0.5, 0.6) is 0 Å². The number of hydrogen-bond acceptors (Lipinski definition) is 1. The molecule has 0 saturated carbocycles. The number of rotatable bonds is 5. The molecule has 2 aromatic carbocycles. The van der Waals surface area contributed by atoms with Gasteiger partial charge in [-0.25, -0.2) is 0 Å². The third-order valence-corrected chi connectivity index (χ3v) is 5.55. The van der Waals surface area contributed by atoms with Crippen LogP contribution in [0.15, 0.2) is 109 Å². The molecule has 28 heavy (non-hydrogen) atoms. The third-order valence-electron chi connectivity index (χ3n) is 4.79. The number of allylic oxidation sites excluding steroid dienone is 4. The average molecular weight is 445 g/mol. The fourth-order valence-electron chi connectivity index (χ4n) is 3.60. The zero-order valence-corrected chi connectivity index (χ0v) is 18.0. The Morgan fingerprint density at radius 3 is 2.11 bits per heavy atom. The van der Waals surface area contributed by atoms with Crippen LogP contribution in [0, 0.1) is 0 Å². The van der Waals surface area contributed by atoms with Crippen molar-refractivity contribution < 1.29 is 41.1 Å². The van der Waals surface area contributed by atoms with Crippen molar-refractivity contribution in [1.29, 1.82) is 0 Å². The van der Waals surface area contributed by atoms with E-state index in [1.807, 2.05) is 12.3 Å². The van der Waals surface area contributed by atoms with Crippen LogP contribution in [0.2, 0.25) is 4.28 Å². The summed E-state index contributed by atoms with van der Waals surface area (Å²) in [6.45, 7) is 0. The van der Waals surface area contributed by atoms with E-state index in [0.717, 1.165) is 12.1 Å². The van der Waals surface area contributed by atoms with Gasteiger partial charge in [0, 0.05) is 0 Å². The summed E-state index contributed by atoms with van der Waals surface area (Å²) in [4.78, 5) is 4.67. The van der Waals surface area contributed by atoms with Crippen LogP contribution in [-0.2, 0) is 22.7 Å². The molecular formula is C24H20Cl2CrN. The van der Waals surface area contributed by atoms with Gasteiger partial charge in [0.15, 0.2) is 0 Å². The van der Waals surface area contributed by atoms with Gasteiger partial charge in [-0.1, -0.05) is 0 Å². The molecule has 0 bridgehead atoms. The van der Waals surface area contributed by atoms with E-state index in [2.05, 4.69) is 112 Å². The second-order valence-corrected chi connectivity index (χ2v) is 7.77. The normalized spacial score (nSPS) is 18.5. The van der Waals surface area contributed by atoms with Gasteiger partial charge in [-0.3, -0.25) is 0 Å². The molecule has 0 aliphatic heterocycles. The molecule has 3 aromatic rings. The number of benzene rings is 2. The van der Waals surface area contributed by atoms with E-state index in [4.69, 9.17) is 0 Å². The second-order valence-electron chi connectivity index (χ2n) is 6.67. The zero-order valence-electron chi connectivity index (χ0n) is 15.2. The number of pyridine rings is 1. The summed E-state index contributed by atoms with van der Waals surface area (Å²) in [5, 5.41) is 0. The van der Waals surface area contributed by atoms with Gasteiger partial charge in [0.1, 0.15) is 0 Å². The molecule has 1 nitrogen and oxygen atoms in total. The molecule has 0 N–H and O–H groups in total. The Labute approximate surface area is 187 Å². The van der Waals surface area contributed by atoms with Gasteiger partial charge in [-0.2, -0.15) is 0 Å². The first kappa shape index (κ1) is 22.5. The van der Waals surface area contributed by atoms with E-state index in [-0.39, 0.29) is 35.0 Å². The van der Waals surface area contributed by atoms with Crippen LogP contribution in [0.1, 0.15) is 22.7 Å². The minimum absolute atomic E-state index is 0. The van der Waals surface area contributed by atoms with Gasteiger partial charge in [-0.05, 0) is 0 Å². The quantitative estimate of drug-likeness (QED) is 0.524. The van der Waals surface area contributed by atoms with E-state index >= 15 is 0 Å². The maximum absolute atomic E-state index is 4.67. The van der Waals surface area contributed by atoms with Gasteiger partial charge in [0.05, 0.1) is 0 Å². The summed E-state index contributed by atoms with van der Waals surface area (Å²) in [5.41, 5.74) is 5.03. The maximum atomic E-state index is 4.67. The predicted octanol–water partition coefficient (Wildman–Crippen LogP) is -0.334. The van der Waals surface area contributed by atoms with Crippen molar-refractivity contribution in [3.05, 3.63) is 126 Å². The van der Waals surface area contributed by atoms with E-state index in [9.17, 15) is 0 Å². The van der Waals surface area contributed by atoms with Crippen LogP contribution >= 0.6 is 0 Å². The van der Waals surface area contributed by atoms with Crippen molar-refractivity contribution in [2.75, 3.05) is 0 Å². The van der Waals surface area contributed by atoms with Crippen LogP contribution < -0.4 is 24.8 Å². The Balaban J connectivity index is 0.00000140. The minimum atomic E-state index is -0.209. The van der Waals surface area contributed by atoms with E-state index in [1.54, 1.807) is 0 Å². The Morgan fingerprint density at radius 2 is 1.46 bits per heavy atom. The molecule has 0 saturated heterocycles. The van der Waals surface area contributed by atoms with Crippen molar-refractivity contribution in [1.82, 2.24) is 4.98 Å². The molecule has 1 heterocycles. The van der Waals surface area contributed by atoms with Gasteiger partial charge >= 0.3 is 164 Å². The summed E-state index contributed by atoms with van der Waals surface area (Å²) >= 11 is 3.46. The van der Waals surface area contributed by atoms with Crippen LogP contribution in [0.4, 0.5) is 0 Å². The molecule has 1 aliphatic carbocycles. The summed E-state index contributed by atoms with van der Waals surface area (Å²) in [6, 6.07) is 27.4. The van der Waals surface area contributed by atoms with E-state index in [0.29, 0.717) is 0 Å². The summed E-state index contributed by atoms with van der Waals surface area (Å²) < 4.78 is -0.209. The van der Waals surface area contributed by atoms with Crippen LogP contribution in [0.25, 0.3) is 0 Å². The predicted molar refractivity (Wildman–Crippen MR) is 103 cm³/mol. The van der Waals surface area contributed by atoms with Crippen molar-refractivity contribution in [3.8, 4) is 0 Å². The SMILES string of the molecule is [Cl-].[Cl-].[Cr+2][C]1(C(c2ccccc2)c2ccccn2)C=CC(Cc2ccccc2)=C1. The van der Waals surface area contributed by atoms with Gasteiger partial charge < -0.3 is 24.8 Å². The second kappa shape index (κ2) is 10.1. The van der Waals surface area contributed by atoms with Crippen LogP contribution in [0.3, 0.4) is 0 Å². The Hall–Kier alpha value is -1.82. The number of aromatic nitrogens is 1. The molecule has 4 heteroatoms. The first-order chi connectivity index (χ1) is 12.7. The Bertz CT molecular complexity index is 887. The first-order valence-electron chi connectivity index (χ1n) is 8.86.